The number of carbonyl (C=O) groups is 1. The second-order valence-electron chi connectivity index (χ2n) is 4.07. The first-order valence-corrected chi connectivity index (χ1v) is 5.36. The Hall–Kier alpha value is -0.990. The lowest BCUT2D eigenvalue weighted by Gasteiger charge is -2.01. The Bertz CT molecular complexity index is 234. The monoisotopic (exact) mass is 195 g/mol. The van der Waals surface area contributed by atoms with Crippen LogP contribution in [0.4, 0.5) is 4.79 Å². The first-order valence-electron chi connectivity index (χ1n) is 5.36. The number of rotatable bonds is 1. The fourth-order valence-electron chi connectivity index (χ4n) is 2.34. The van der Waals surface area contributed by atoms with Gasteiger partial charge in [0, 0.05) is 18.9 Å². The second kappa shape index (κ2) is 4.03. The molecule has 0 radical (unpaired) electrons. The van der Waals surface area contributed by atoms with Crippen molar-refractivity contribution in [3.05, 3.63) is 12.2 Å². The molecular formula is C11H17NO2. The van der Waals surface area contributed by atoms with Gasteiger partial charge in [-0.3, -0.25) is 0 Å². The summed E-state index contributed by atoms with van der Waals surface area (Å²) in [6.45, 7) is 0. The molecule has 0 aromatic carbocycles. The van der Waals surface area contributed by atoms with Crippen molar-refractivity contribution >= 4 is 6.09 Å². The summed E-state index contributed by atoms with van der Waals surface area (Å²) in [6, 6.07) is 0. The number of amides is 1. The lowest BCUT2D eigenvalue weighted by molar-refractivity contribution is 0.130. The zero-order chi connectivity index (χ0) is 9.97. The van der Waals surface area contributed by atoms with Gasteiger partial charge in [0.1, 0.15) is 6.10 Å². The zero-order valence-electron chi connectivity index (χ0n) is 8.53. The van der Waals surface area contributed by atoms with Crippen molar-refractivity contribution in [1.29, 1.82) is 0 Å². The van der Waals surface area contributed by atoms with E-state index in [-0.39, 0.29) is 12.2 Å². The predicted molar refractivity (Wildman–Crippen MR) is 53.9 cm³/mol. The minimum absolute atomic E-state index is 0.190. The Morgan fingerprint density at radius 1 is 1.29 bits per heavy atom. The van der Waals surface area contributed by atoms with Crippen molar-refractivity contribution in [2.24, 2.45) is 11.8 Å². The van der Waals surface area contributed by atoms with E-state index >= 15 is 0 Å². The molecule has 0 bridgehead atoms. The number of alkyl carbamates (subject to hydrolysis) is 1. The largest absolute Gasteiger partial charge is 0.446 e. The Morgan fingerprint density at radius 3 is 2.36 bits per heavy atom. The Morgan fingerprint density at radius 2 is 1.86 bits per heavy atom. The number of hydrogen-bond donors (Lipinski definition) is 1. The molecule has 3 nitrogen and oxygen atoms in total. The van der Waals surface area contributed by atoms with Gasteiger partial charge in [-0.25, -0.2) is 4.79 Å². The summed E-state index contributed by atoms with van der Waals surface area (Å²) in [7, 11) is 1.61. The molecule has 0 aromatic heterocycles. The summed E-state index contributed by atoms with van der Waals surface area (Å²) in [5, 5.41) is 2.50. The molecule has 0 aromatic rings. The predicted octanol–water partition coefficient (Wildman–Crippen LogP) is 2.09. The van der Waals surface area contributed by atoms with E-state index in [1.54, 1.807) is 7.05 Å². The third-order valence-electron chi connectivity index (χ3n) is 3.20. The molecule has 3 heteroatoms. The molecule has 1 fully saturated rings. The van der Waals surface area contributed by atoms with Crippen LogP contribution < -0.4 is 5.32 Å². The first-order chi connectivity index (χ1) is 6.83. The third-order valence-corrected chi connectivity index (χ3v) is 3.20. The highest BCUT2D eigenvalue weighted by Crippen LogP contribution is 2.48. The number of carbonyl (C=O) groups excluding carboxylic acids is 1. The molecule has 0 saturated heterocycles. The van der Waals surface area contributed by atoms with Crippen LogP contribution in [0.5, 0.6) is 0 Å². The van der Waals surface area contributed by atoms with E-state index in [9.17, 15) is 4.79 Å². The average molecular weight is 195 g/mol. The Balaban J connectivity index is 1.84. The Kier molecular flexibility index (Phi) is 2.75. The van der Waals surface area contributed by atoms with Crippen molar-refractivity contribution in [1.82, 2.24) is 5.32 Å². The smallest absolute Gasteiger partial charge is 0.407 e. The molecule has 2 aliphatic rings. The van der Waals surface area contributed by atoms with Gasteiger partial charge in [0.05, 0.1) is 0 Å². The van der Waals surface area contributed by atoms with Gasteiger partial charge in [-0.05, 0) is 25.7 Å². The van der Waals surface area contributed by atoms with Crippen LogP contribution in [0.3, 0.4) is 0 Å². The van der Waals surface area contributed by atoms with Crippen molar-refractivity contribution in [2.75, 3.05) is 7.05 Å². The molecule has 1 saturated carbocycles. The van der Waals surface area contributed by atoms with Gasteiger partial charge >= 0.3 is 6.09 Å². The number of nitrogens with one attached hydrogen (secondary N) is 1. The van der Waals surface area contributed by atoms with E-state index in [0.29, 0.717) is 11.8 Å². The van der Waals surface area contributed by atoms with Gasteiger partial charge in [-0.2, -0.15) is 0 Å². The van der Waals surface area contributed by atoms with Crippen LogP contribution in [0.2, 0.25) is 0 Å². The van der Waals surface area contributed by atoms with Crippen LogP contribution in [-0.2, 0) is 4.74 Å². The molecule has 1 amide bonds. The van der Waals surface area contributed by atoms with Crippen molar-refractivity contribution < 1.29 is 9.53 Å². The van der Waals surface area contributed by atoms with Crippen LogP contribution in [0, 0.1) is 11.8 Å². The fourth-order valence-corrected chi connectivity index (χ4v) is 2.34. The second-order valence-corrected chi connectivity index (χ2v) is 4.07. The van der Waals surface area contributed by atoms with E-state index in [1.165, 1.54) is 12.8 Å². The van der Waals surface area contributed by atoms with Gasteiger partial charge < -0.3 is 10.1 Å². The van der Waals surface area contributed by atoms with E-state index in [1.807, 2.05) is 0 Å². The summed E-state index contributed by atoms with van der Waals surface area (Å²) in [4.78, 5) is 11.0. The van der Waals surface area contributed by atoms with Gasteiger partial charge in [0.15, 0.2) is 0 Å². The molecule has 0 spiro atoms. The highest BCUT2D eigenvalue weighted by Gasteiger charge is 2.51. The molecule has 2 unspecified atom stereocenters. The topological polar surface area (TPSA) is 38.3 Å². The maximum Gasteiger partial charge on any atom is 0.407 e. The molecule has 78 valence electrons. The molecule has 1 N–H and O–H groups in total. The zero-order valence-corrected chi connectivity index (χ0v) is 8.53. The van der Waals surface area contributed by atoms with Crippen LogP contribution in [0.1, 0.15) is 25.7 Å². The third kappa shape index (κ3) is 1.91. The van der Waals surface area contributed by atoms with Crippen LogP contribution in [0.25, 0.3) is 0 Å². The summed E-state index contributed by atoms with van der Waals surface area (Å²) >= 11 is 0. The number of allylic oxidation sites excluding steroid dienone is 2. The van der Waals surface area contributed by atoms with Crippen LogP contribution in [0.15, 0.2) is 12.2 Å². The molecular weight excluding hydrogens is 178 g/mol. The normalized spacial score (nSPS) is 37.4. The van der Waals surface area contributed by atoms with Crippen molar-refractivity contribution in [3.63, 3.8) is 0 Å². The van der Waals surface area contributed by atoms with E-state index in [4.69, 9.17) is 4.74 Å². The summed E-state index contributed by atoms with van der Waals surface area (Å²) in [5.41, 5.74) is 0. The van der Waals surface area contributed by atoms with E-state index < -0.39 is 0 Å². The Labute approximate surface area is 84.5 Å². The molecule has 2 rings (SSSR count). The maximum atomic E-state index is 11.0. The van der Waals surface area contributed by atoms with E-state index in [0.717, 1.165) is 12.8 Å². The quantitative estimate of drug-likeness (QED) is 0.650. The maximum absolute atomic E-state index is 11.0. The van der Waals surface area contributed by atoms with Crippen LogP contribution in [-0.4, -0.2) is 19.2 Å². The van der Waals surface area contributed by atoms with Gasteiger partial charge in [-0.15, -0.1) is 0 Å². The van der Waals surface area contributed by atoms with Crippen LogP contribution >= 0.6 is 0 Å². The summed E-state index contributed by atoms with van der Waals surface area (Å²) in [6.07, 6.45) is 9.00. The minimum atomic E-state index is -0.283. The molecule has 0 aliphatic heterocycles. The average Bonchev–Trinajstić information content (AvgIpc) is 2.75. The molecule has 14 heavy (non-hydrogen) atoms. The van der Waals surface area contributed by atoms with Gasteiger partial charge in [0.25, 0.3) is 0 Å². The van der Waals surface area contributed by atoms with E-state index in [2.05, 4.69) is 17.5 Å². The standard InChI is InChI=1S/C11H17NO2/c1-12-11(13)14-10-8-6-4-2-3-5-7-9(8)10/h2-3,8-10H,4-7H2,1H3,(H,12,13)/b3-2+. The lowest BCUT2D eigenvalue weighted by atomic mass is 10.1. The molecule has 0 heterocycles. The summed E-state index contributed by atoms with van der Waals surface area (Å²) in [5.74, 6) is 1.24. The fraction of sp³-hybridized carbons (Fsp3) is 0.727. The van der Waals surface area contributed by atoms with Gasteiger partial charge in [-0.1, -0.05) is 12.2 Å². The van der Waals surface area contributed by atoms with Gasteiger partial charge in [0.2, 0.25) is 0 Å². The SMILES string of the molecule is CNC(=O)OC1C2CC/C=C/CCC21. The first kappa shape index (κ1) is 9.56. The highest BCUT2D eigenvalue weighted by atomic mass is 16.6. The van der Waals surface area contributed by atoms with Crippen molar-refractivity contribution in [3.8, 4) is 0 Å². The molecule has 2 aliphatic carbocycles. The number of ether oxygens (including phenoxy) is 1. The number of fused-ring (bicyclic) bond motifs is 1. The minimum Gasteiger partial charge on any atom is -0.446 e. The lowest BCUT2D eigenvalue weighted by Crippen LogP contribution is -2.21. The van der Waals surface area contributed by atoms with Crippen molar-refractivity contribution in [2.45, 2.75) is 31.8 Å². The molecule has 2 atom stereocenters. The summed E-state index contributed by atoms with van der Waals surface area (Å²) < 4.78 is 5.29. The number of hydrogen-bond acceptors (Lipinski definition) is 2. The highest BCUT2D eigenvalue weighted by molar-refractivity contribution is 5.67.